The molecule has 0 saturated heterocycles. The molecule has 116 valence electrons. The molecule has 7 heteroatoms. The molecule has 2 aromatic carbocycles. The third kappa shape index (κ3) is 3.61. The van der Waals surface area contributed by atoms with E-state index in [9.17, 15) is 21.6 Å². The molecule has 0 aliphatic carbocycles. The number of hydrogen-bond donors (Lipinski definition) is 0. The third-order valence-electron chi connectivity index (χ3n) is 3.09. The molecule has 0 spiro atoms. The third-order valence-corrected chi connectivity index (χ3v) is 5.35. The molecule has 0 unspecified atom stereocenters. The summed E-state index contributed by atoms with van der Waals surface area (Å²) in [4.78, 5) is 12.5. The van der Waals surface area contributed by atoms with Crippen molar-refractivity contribution in [2.45, 2.75) is 9.79 Å². The summed E-state index contributed by atoms with van der Waals surface area (Å²) in [5, 5.41) is 0. The molecule has 2 rings (SSSR count). The fourth-order valence-corrected chi connectivity index (χ4v) is 3.13. The first-order valence-corrected chi connectivity index (χ1v) is 10.0. The summed E-state index contributed by atoms with van der Waals surface area (Å²) >= 11 is 0. The van der Waals surface area contributed by atoms with E-state index in [0.717, 1.165) is 12.5 Å². The van der Waals surface area contributed by atoms with Gasteiger partial charge >= 0.3 is 0 Å². The first kappa shape index (κ1) is 16.4. The zero-order valence-electron chi connectivity index (χ0n) is 12.0. The summed E-state index contributed by atoms with van der Waals surface area (Å²) in [7, 11) is -6.62. The second-order valence-corrected chi connectivity index (χ2v) is 8.95. The van der Waals surface area contributed by atoms with Gasteiger partial charge < -0.3 is 0 Å². The van der Waals surface area contributed by atoms with Gasteiger partial charge in [0.05, 0.1) is 9.79 Å². The van der Waals surface area contributed by atoms with E-state index in [1.165, 1.54) is 48.5 Å². The van der Waals surface area contributed by atoms with Crippen LogP contribution in [0.1, 0.15) is 15.9 Å². The smallest absolute Gasteiger partial charge is 0.193 e. The topological polar surface area (TPSA) is 85.3 Å². The van der Waals surface area contributed by atoms with Crippen LogP contribution in [0.3, 0.4) is 0 Å². The van der Waals surface area contributed by atoms with E-state index in [2.05, 4.69) is 0 Å². The maximum absolute atomic E-state index is 12.3. The molecule has 0 atom stereocenters. The molecule has 0 radical (unpaired) electrons. The van der Waals surface area contributed by atoms with Crippen LogP contribution >= 0.6 is 0 Å². The normalized spacial score (nSPS) is 12.1. The van der Waals surface area contributed by atoms with Gasteiger partial charge in [0.1, 0.15) is 0 Å². The highest BCUT2D eigenvalue weighted by Crippen LogP contribution is 2.16. The maximum Gasteiger partial charge on any atom is 0.193 e. The van der Waals surface area contributed by atoms with Crippen LogP contribution in [0, 0.1) is 0 Å². The summed E-state index contributed by atoms with van der Waals surface area (Å²) in [5.74, 6) is -0.305. The van der Waals surface area contributed by atoms with Crippen molar-refractivity contribution in [2.24, 2.45) is 0 Å². The van der Waals surface area contributed by atoms with E-state index in [1.54, 1.807) is 0 Å². The second kappa shape index (κ2) is 5.66. The largest absolute Gasteiger partial charge is 0.289 e. The summed E-state index contributed by atoms with van der Waals surface area (Å²) in [5.41, 5.74) is 0.666. The van der Waals surface area contributed by atoms with Gasteiger partial charge in [-0.05, 0) is 48.5 Å². The molecular weight excluding hydrogens is 324 g/mol. The van der Waals surface area contributed by atoms with Crippen molar-refractivity contribution < 1.29 is 21.6 Å². The Morgan fingerprint density at radius 3 is 1.14 bits per heavy atom. The summed E-state index contributed by atoms with van der Waals surface area (Å²) in [6.07, 6.45) is 2.18. The van der Waals surface area contributed by atoms with Crippen molar-refractivity contribution in [2.75, 3.05) is 12.5 Å². The number of hydrogen-bond acceptors (Lipinski definition) is 5. The number of carbonyl (C=O) groups is 1. The summed E-state index contributed by atoms with van der Waals surface area (Å²) < 4.78 is 45.5. The standard InChI is InChI=1S/C15H14O5S2/c1-21(17,18)13-7-3-11(4-8-13)15(16)12-5-9-14(10-6-12)22(2,19)20/h3-10H,1-2H3. The van der Waals surface area contributed by atoms with Crippen molar-refractivity contribution in [3.63, 3.8) is 0 Å². The van der Waals surface area contributed by atoms with E-state index >= 15 is 0 Å². The molecule has 0 aliphatic heterocycles. The molecule has 5 nitrogen and oxygen atoms in total. The molecule has 0 aliphatic rings. The van der Waals surface area contributed by atoms with Gasteiger partial charge in [0, 0.05) is 23.6 Å². The first-order chi connectivity index (χ1) is 10.1. The van der Waals surface area contributed by atoms with Crippen molar-refractivity contribution in [1.29, 1.82) is 0 Å². The Hall–Kier alpha value is -1.99. The van der Waals surface area contributed by atoms with E-state index in [1.807, 2.05) is 0 Å². The van der Waals surface area contributed by atoms with Crippen LogP contribution in [-0.2, 0) is 19.7 Å². The monoisotopic (exact) mass is 338 g/mol. The Balaban J connectivity index is 2.32. The summed E-state index contributed by atoms with van der Waals surface area (Å²) in [6, 6.07) is 11.2. The fraction of sp³-hybridized carbons (Fsp3) is 0.133. The van der Waals surface area contributed by atoms with Gasteiger partial charge in [-0.3, -0.25) is 4.79 Å². The van der Waals surface area contributed by atoms with Crippen LogP contribution in [0.25, 0.3) is 0 Å². The Morgan fingerprint density at radius 2 is 0.909 bits per heavy atom. The number of benzene rings is 2. The zero-order chi connectivity index (χ0) is 16.5. The van der Waals surface area contributed by atoms with E-state index in [-0.39, 0.29) is 15.6 Å². The molecule has 0 saturated carbocycles. The average molecular weight is 338 g/mol. The molecule has 0 aromatic heterocycles. The highest BCUT2D eigenvalue weighted by atomic mass is 32.2. The average Bonchev–Trinajstić information content (AvgIpc) is 2.45. The maximum atomic E-state index is 12.3. The quantitative estimate of drug-likeness (QED) is 0.793. The zero-order valence-corrected chi connectivity index (χ0v) is 13.6. The number of carbonyl (C=O) groups excluding carboxylic acids is 1. The van der Waals surface area contributed by atoms with Crippen LogP contribution in [0.5, 0.6) is 0 Å². The fourth-order valence-electron chi connectivity index (χ4n) is 1.87. The highest BCUT2D eigenvalue weighted by Gasteiger charge is 2.13. The lowest BCUT2D eigenvalue weighted by atomic mass is 10.0. The number of ketones is 1. The Morgan fingerprint density at radius 1 is 0.636 bits per heavy atom. The molecule has 0 fully saturated rings. The van der Waals surface area contributed by atoms with Crippen LogP contribution < -0.4 is 0 Å². The lowest BCUT2D eigenvalue weighted by Crippen LogP contribution is -2.04. The van der Waals surface area contributed by atoms with Crippen molar-refractivity contribution in [1.82, 2.24) is 0 Å². The van der Waals surface area contributed by atoms with Crippen molar-refractivity contribution in [3.8, 4) is 0 Å². The minimum atomic E-state index is -3.31. The molecule has 2 aromatic rings. The van der Waals surface area contributed by atoms with Crippen LogP contribution in [0.2, 0.25) is 0 Å². The lowest BCUT2D eigenvalue weighted by Gasteiger charge is -2.04. The molecule has 0 heterocycles. The summed E-state index contributed by atoms with van der Waals surface area (Å²) in [6.45, 7) is 0. The first-order valence-electron chi connectivity index (χ1n) is 6.24. The van der Waals surface area contributed by atoms with Crippen LogP contribution in [0.4, 0.5) is 0 Å². The second-order valence-electron chi connectivity index (χ2n) is 4.92. The van der Waals surface area contributed by atoms with Gasteiger partial charge in [0.25, 0.3) is 0 Å². The van der Waals surface area contributed by atoms with E-state index in [0.29, 0.717) is 11.1 Å². The number of sulfone groups is 2. The Bertz CT molecular complexity index is 829. The van der Waals surface area contributed by atoms with Crippen molar-refractivity contribution >= 4 is 25.5 Å². The predicted molar refractivity (Wildman–Crippen MR) is 82.5 cm³/mol. The molecule has 0 bridgehead atoms. The highest BCUT2D eigenvalue weighted by molar-refractivity contribution is 7.91. The molecular formula is C15H14O5S2. The van der Waals surface area contributed by atoms with Gasteiger partial charge in [0.2, 0.25) is 0 Å². The van der Waals surface area contributed by atoms with E-state index in [4.69, 9.17) is 0 Å². The van der Waals surface area contributed by atoms with Gasteiger partial charge in [-0.15, -0.1) is 0 Å². The van der Waals surface area contributed by atoms with Crippen molar-refractivity contribution in [3.05, 3.63) is 59.7 Å². The van der Waals surface area contributed by atoms with Crippen LogP contribution in [-0.4, -0.2) is 35.1 Å². The molecule has 0 amide bonds. The molecule has 22 heavy (non-hydrogen) atoms. The van der Waals surface area contributed by atoms with Gasteiger partial charge in [0.15, 0.2) is 25.5 Å². The number of rotatable bonds is 4. The predicted octanol–water partition coefficient (Wildman–Crippen LogP) is 1.72. The lowest BCUT2D eigenvalue weighted by molar-refractivity contribution is 0.103. The van der Waals surface area contributed by atoms with Gasteiger partial charge in [-0.25, -0.2) is 16.8 Å². The van der Waals surface area contributed by atoms with E-state index < -0.39 is 19.7 Å². The minimum absolute atomic E-state index is 0.136. The molecule has 0 N–H and O–H groups in total. The Kier molecular flexibility index (Phi) is 4.21. The van der Waals surface area contributed by atoms with Gasteiger partial charge in [-0.1, -0.05) is 0 Å². The Labute approximate surface area is 129 Å². The van der Waals surface area contributed by atoms with Gasteiger partial charge in [-0.2, -0.15) is 0 Å². The minimum Gasteiger partial charge on any atom is -0.289 e. The SMILES string of the molecule is CS(=O)(=O)c1ccc(C(=O)c2ccc(S(C)(=O)=O)cc2)cc1. The van der Waals surface area contributed by atoms with Crippen LogP contribution in [0.15, 0.2) is 58.3 Å².